The summed E-state index contributed by atoms with van der Waals surface area (Å²) in [5.41, 5.74) is 2.13. The molecule has 4 rings (SSSR count). The van der Waals surface area contributed by atoms with E-state index in [0.717, 1.165) is 25.1 Å². The van der Waals surface area contributed by atoms with Gasteiger partial charge in [0.1, 0.15) is 6.04 Å². The number of piperidine rings is 1. The Hall–Kier alpha value is -2.67. The molecule has 2 amide bonds. The highest BCUT2D eigenvalue weighted by Crippen LogP contribution is 2.30. The lowest BCUT2D eigenvalue weighted by molar-refractivity contribution is -0.128. The lowest BCUT2D eigenvalue weighted by Gasteiger charge is -2.35. The summed E-state index contributed by atoms with van der Waals surface area (Å²) in [5, 5.41) is 3.04. The summed E-state index contributed by atoms with van der Waals surface area (Å²) in [6.07, 6.45) is 12.0. The van der Waals surface area contributed by atoms with Crippen LogP contribution in [0.5, 0.6) is 0 Å². The number of benzene rings is 1. The van der Waals surface area contributed by atoms with Crippen LogP contribution in [0.3, 0.4) is 0 Å². The van der Waals surface area contributed by atoms with Crippen molar-refractivity contribution < 1.29 is 9.59 Å². The Morgan fingerprint density at radius 1 is 1.22 bits per heavy atom. The molecule has 0 saturated carbocycles. The van der Waals surface area contributed by atoms with Gasteiger partial charge in [-0.15, -0.1) is 0 Å². The molecule has 1 fully saturated rings. The minimum absolute atomic E-state index is 0.0535. The number of fused-ring (bicyclic) bond motifs is 1. The van der Waals surface area contributed by atoms with Gasteiger partial charge in [0, 0.05) is 43.8 Å². The minimum atomic E-state index is -0.588. The van der Waals surface area contributed by atoms with E-state index in [1.54, 1.807) is 23.3 Å². The van der Waals surface area contributed by atoms with Gasteiger partial charge < -0.3 is 19.7 Å². The Kier molecular flexibility index (Phi) is 7.58. The van der Waals surface area contributed by atoms with Crippen molar-refractivity contribution in [2.45, 2.75) is 64.0 Å². The highest BCUT2D eigenvalue weighted by molar-refractivity contribution is 6.00. The van der Waals surface area contributed by atoms with E-state index in [1.165, 1.54) is 37.8 Å². The first-order chi connectivity index (χ1) is 15.7. The van der Waals surface area contributed by atoms with Gasteiger partial charge in [0.25, 0.3) is 5.91 Å². The fourth-order valence-electron chi connectivity index (χ4n) is 5.10. The van der Waals surface area contributed by atoms with Crippen LogP contribution in [0, 0.1) is 0 Å². The Bertz CT molecular complexity index is 897. The Morgan fingerprint density at radius 3 is 2.91 bits per heavy atom. The van der Waals surface area contributed by atoms with Gasteiger partial charge in [-0.2, -0.15) is 0 Å². The topological polar surface area (TPSA) is 70.5 Å². The second kappa shape index (κ2) is 10.8. The smallest absolute Gasteiger partial charge is 0.250 e. The van der Waals surface area contributed by atoms with E-state index in [0.29, 0.717) is 19.1 Å². The van der Waals surface area contributed by atoms with Crippen molar-refractivity contribution in [1.82, 2.24) is 19.8 Å². The van der Waals surface area contributed by atoms with Crippen molar-refractivity contribution in [3.05, 3.63) is 48.5 Å². The zero-order valence-electron chi connectivity index (χ0n) is 19.1. The van der Waals surface area contributed by atoms with E-state index in [4.69, 9.17) is 0 Å². The number of likely N-dealkylation sites (tertiary alicyclic amines) is 1. The summed E-state index contributed by atoms with van der Waals surface area (Å²) in [6.45, 7) is 5.74. The van der Waals surface area contributed by atoms with E-state index in [1.807, 2.05) is 23.1 Å². The van der Waals surface area contributed by atoms with Gasteiger partial charge in [-0.3, -0.25) is 9.59 Å². The van der Waals surface area contributed by atoms with Crippen LogP contribution in [-0.4, -0.2) is 58.5 Å². The van der Waals surface area contributed by atoms with Gasteiger partial charge in [0.2, 0.25) is 5.91 Å². The van der Waals surface area contributed by atoms with E-state index >= 15 is 0 Å². The molecule has 172 valence electrons. The Morgan fingerprint density at radius 2 is 2.09 bits per heavy atom. The monoisotopic (exact) mass is 437 g/mol. The van der Waals surface area contributed by atoms with Crippen LogP contribution in [0.25, 0.3) is 0 Å². The number of aromatic nitrogens is 2. The second-order valence-electron chi connectivity index (χ2n) is 8.90. The number of imidazole rings is 1. The molecule has 7 heteroatoms. The summed E-state index contributed by atoms with van der Waals surface area (Å²) >= 11 is 0. The first kappa shape index (κ1) is 22.5. The molecule has 2 atom stereocenters. The van der Waals surface area contributed by atoms with Crippen LogP contribution < -0.4 is 10.2 Å². The van der Waals surface area contributed by atoms with Crippen LogP contribution in [-0.2, 0) is 16.0 Å². The summed E-state index contributed by atoms with van der Waals surface area (Å²) in [6, 6.07) is 8.10. The standard InChI is InChI=1S/C25H35N5O2/c1-2-21-9-5-6-14-28(21)15-7-12-27-24(31)18-23(29-17-13-26-19-29)25(32)30-16-11-20-8-3-4-10-22(20)30/h3-4,8,10,13,17,19,21,23H,2,5-7,9,11-12,14-16,18H2,1H3,(H,27,31)/t21-,23-/m0/s1. The second-order valence-corrected chi connectivity index (χ2v) is 8.90. The first-order valence-corrected chi connectivity index (χ1v) is 12.0. The SMILES string of the molecule is CC[C@H]1CCCCN1CCCNC(=O)C[C@@H](C(=O)N1CCc2ccccc21)n1ccnc1. The van der Waals surface area contributed by atoms with Crippen LogP contribution in [0.4, 0.5) is 5.69 Å². The molecule has 0 bridgehead atoms. The van der Waals surface area contributed by atoms with Crippen molar-refractivity contribution in [2.75, 3.05) is 31.1 Å². The Balaban J connectivity index is 1.32. The fraction of sp³-hybridized carbons (Fsp3) is 0.560. The number of nitrogens with one attached hydrogen (secondary N) is 1. The minimum Gasteiger partial charge on any atom is -0.356 e. The number of para-hydroxylation sites is 1. The highest BCUT2D eigenvalue weighted by atomic mass is 16.2. The number of carbonyl (C=O) groups is 2. The molecule has 1 saturated heterocycles. The molecule has 0 radical (unpaired) electrons. The number of hydrogen-bond donors (Lipinski definition) is 1. The third kappa shape index (κ3) is 5.21. The normalized spacial score (nSPS) is 19.5. The highest BCUT2D eigenvalue weighted by Gasteiger charge is 2.32. The van der Waals surface area contributed by atoms with Gasteiger partial charge in [-0.1, -0.05) is 31.5 Å². The molecule has 1 N–H and O–H groups in total. The van der Waals surface area contributed by atoms with Crippen molar-refractivity contribution in [3.8, 4) is 0 Å². The van der Waals surface area contributed by atoms with Crippen LogP contribution in [0.2, 0.25) is 0 Å². The first-order valence-electron chi connectivity index (χ1n) is 12.0. The van der Waals surface area contributed by atoms with Crippen molar-refractivity contribution >= 4 is 17.5 Å². The predicted octanol–water partition coefficient (Wildman–Crippen LogP) is 3.17. The maximum atomic E-state index is 13.4. The zero-order valence-corrected chi connectivity index (χ0v) is 19.1. The number of carbonyl (C=O) groups excluding carboxylic acids is 2. The van der Waals surface area contributed by atoms with E-state index in [9.17, 15) is 9.59 Å². The molecular weight excluding hydrogens is 402 g/mol. The summed E-state index contributed by atoms with van der Waals surface area (Å²) in [4.78, 5) is 34.7. The maximum Gasteiger partial charge on any atom is 0.250 e. The third-order valence-corrected chi connectivity index (χ3v) is 6.87. The molecule has 1 aromatic heterocycles. The van der Waals surface area contributed by atoms with Crippen molar-refractivity contribution in [2.24, 2.45) is 0 Å². The molecule has 0 unspecified atom stereocenters. The molecule has 1 aromatic carbocycles. The number of hydrogen-bond acceptors (Lipinski definition) is 4. The van der Waals surface area contributed by atoms with Crippen LogP contribution in [0.15, 0.2) is 43.0 Å². The molecule has 0 spiro atoms. The van der Waals surface area contributed by atoms with Gasteiger partial charge in [-0.05, 0) is 50.3 Å². The Labute approximate surface area is 190 Å². The largest absolute Gasteiger partial charge is 0.356 e. The molecule has 0 aliphatic carbocycles. The molecule has 2 aromatic rings. The third-order valence-electron chi connectivity index (χ3n) is 6.87. The van der Waals surface area contributed by atoms with E-state index in [-0.39, 0.29) is 18.2 Å². The maximum absolute atomic E-state index is 13.4. The number of rotatable bonds is 9. The van der Waals surface area contributed by atoms with E-state index in [2.05, 4.69) is 28.2 Å². The lowest BCUT2D eigenvalue weighted by Crippen LogP contribution is -2.41. The van der Waals surface area contributed by atoms with E-state index < -0.39 is 6.04 Å². The molecule has 7 nitrogen and oxygen atoms in total. The summed E-state index contributed by atoms with van der Waals surface area (Å²) in [7, 11) is 0. The van der Waals surface area contributed by atoms with Crippen LogP contribution in [0.1, 0.15) is 57.1 Å². The van der Waals surface area contributed by atoms with Crippen molar-refractivity contribution in [1.29, 1.82) is 0 Å². The van der Waals surface area contributed by atoms with Gasteiger partial charge in [-0.25, -0.2) is 4.98 Å². The summed E-state index contributed by atoms with van der Waals surface area (Å²) < 4.78 is 1.75. The number of nitrogens with zero attached hydrogens (tertiary/aromatic N) is 4. The predicted molar refractivity (Wildman–Crippen MR) is 126 cm³/mol. The molecular formula is C25H35N5O2. The quantitative estimate of drug-likeness (QED) is 0.612. The van der Waals surface area contributed by atoms with Gasteiger partial charge in [0.05, 0.1) is 12.7 Å². The molecule has 2 aliphatic heterocycles. The average molecular weight is 438 g/mol. The molecule has 32 heavy (non-hydrogen) atoms. The average Bonchev–Trinajstić information content (AvgIpc) is 3.50. The van der Waals surface area contributed by atoms with Crippen molar-refractivity contribution in [3.63, 3.8) is 0 Å². The zero-order chi connectivity index (χ0) is 22.3. The lowest BCUT2D eigenvalue weighted by atomic mass is 10.00. The number of anilines is 1. The van der Waals surface area contributed by atoms with Gasteiger partial charge in [0.15, 0.2) is 0 Å². The fourth-order valence-corrected chi connectivity index (χ4v) is 5.10. The van der Waals surface area contributed by atoms with Gasteiger partial charge >= 0.3 is 0 Å². The number of amides is 2. The molecule has 2 aliphatic rings. The molecule has 3 heterocycles. The van der Waals surface area contributed by atoms with Crippen LogP contribution >= 0.6 is 0 Å². The summed E-state index contributed by atoms with van der Waals surface area (Å²) in [5.74, 6) is -0.141.